The summed E-state index contributed by atoms with van der Waals surface area (Å²) < 4.78 is 0. The van der Waals surface area contributed by atoms with Gasteiger partial charge in [-0.3, -0.25) is 9.78 Å². The Hall–Kier alpha value is -1.13. The first-order chi connectivity index (χ1) is 8.20. The van der Waals surface area contributed by atoms with Gasteiger partial charge in [-0.1, -0.05) is 11.6 Å². The third kappa shape index (κ3) is 2.76. The first-order valence-electron chi connectivity index (χ1n) is 5.77. The van der Waals surface area contributed by atoms with Crippen LogP contribution in [0, 0.1) is 0 Å². The van der Waals surface area contributed by atoms with Crippen molar-refractivity contribution in [2.75, 3.05) is 20.1 Å². The van der Waals surface area contributed by atoms with Crippen LogP contribution in [0.2, 0.25) is 5.02 Å². The zero-order chi connectivity index (χ0) is 12.3. The van der Waals surface area contributed by atoms with Crippen molar-refractivity contribution in [1.29, 1.82) is 0 Å². The normalized spacial score (nSPS) is 20.0. The van der Waals surface area contributed by atoms with E-state index in [0.29, 0.717) is 10.6 Å². The molecule has 1 atom stereocenters. The lowest BCUT2D eigenvalue weighted by Gasteiger charge is -2.31. The third-order valence-electron chi connectivity index (χ3n) is 3.14. The fourth-order valence-corrected chi connectivity index (χ4v) is 2.27. The van der Waals surface area contributed by atoms with Crippen molar-refractivity contribution in [3.05, 3.63) is 29.0 Å². The van der Waals surface area contributed by atoms with Gasteiger partial charge in [0, 0.05) is 32.0 Å². The molecule has 1 aliphatic rings. The first-order valence-corrected chi connectivity index (χ1v) is 6.15. The number of carbonyl (C=O) groups is 1. The topological polar surface area (TPSA) is 45.2 Å². The zero-order valence-electron chi connectivity index (χ0n) is 9.82. The second kappa shape index (κ2) is 5.47. The van der Waals surface area contributed by atoms with Crippen LogP contribution < -0.4 is 5.32 Å². The molecule has 0 spiro atoms. The van der Waals surface area contributed by atoms with Gasteiger partial charge < -0.3 is 10.2 Å². The van der Waals surface area contributed by atoms with Crippen molar-refractivity contribution in [3.8, 4) is 0 Å². The predicted molar refractivity (Wildman–Crippen MR) is 67.2 cm³/mol. The number of likely N-dealkylation sites (N-methyl/N-ethyl adjacent to an activating group) is 1. The van der Waals surface area contributed by atoms with E-state index in [1.54, 1.807) is 17.2 Å². The Morgan fingerprint density at radius 1 is 1.65 bits per heavy atom. The summed E-state index contributed by atoms with van der Waals surface area (Å²) in [5, 5.41) is 3.71. The standard InChI is InChI=1S/C12H16ClN3O/c1-16(9-3-2-5-14-7-9)12(17)10-4-6-15-8-11(10)13/h4,6,8-9,14H,2-3,5,7H2,1H3. The highest BCUT2D eigenvalue weighted by Gasteiger charge is 2.23. The maximum atomic E-state index is 12.3. The Morgan fingerprint density at radius 2 is 2.47 bits per heavy atom. The number of nitrogens with zero attached hydrogens (tertiary/aromatic N) is 2. The summed E-state index contributed by atoms with van der Waals surface area (Å²) in [6.07, 6.45) is 5.23. The van der Waals surface area contributed by atoms with Crippen molar-refractivity contribution >= 4 is 17.5 Å². The number of pyridine rings is 1. The number of piperidine rings is 1. The molecule has 1 aromatic rings. The molecule has 0 aromatic carbocycles. The molecule has 5 heteroatoms. The van der Waals surface area contributed by atoms with Crippen LogP contribution in [-0.2, 0) is 0 Å². The van der Waals surface area contributed by atoms with Gasteiger partial charge in [0.25, 0.3) is 5.91 Å². The van der Waals surface area contributed by atoms with E-state index in [1.165, 1.54) is 6.20 Å². The summed E-state index contributed by atoms with van der Waals surface area (Å²) in [5.74, 6) is -0.0360. The van der Waals surface area contributed by atoms with Gasteiger partial charge in [-0.2, -0.15) is 0 Å². The van der Waals surface area contributed by atoms with E-state index in [-0.39, 0.29) is 11.9 Å². The predicted octanol–water partition coefficient (Wildman–Crippen LogP) is 1.56. The molecule has 0 bridgehead atoms. The number of rotatable bonds is 2. The minimum atomic E-state index is -0.0360. The van der Waals surface area contributed by atoms with Crippen molar-refractivity contribution < 1.29 is 4.79 Å². The molecule has 1 N–H and O–H groups in total. The maximum Gasteiger partial charge on any atom is 0.255 e. The fourth-order valence-electron chi connectivity index (χ4n) is 2.07. The van der Waals surface area contributed by atoms with E-state index in [0.717, 1.165) is 25.9 Å². The number of hydrogen-bond acceptors (Lipinski definition) is 3. The third-order valence-corrected chi connectivity index (χ3v) is 3.44. The van der Waals surface area contributed by atoms with E-state index in [4.69, 9.17) is 11.6 Å². The van der Waals surface area contributed by atoms with E-state index in [2.05, 4.69) is 10.3 Å². The smallest absolute Gasteiger partial charge is 0.255 e. The number of amides is 1. The van der Waals surface area contributed by atoms with Crippen LogP contribution >= 0.6 is 11.6 Å². The van der Waals surface area contributed by atoms with E-state index >= 15 is 0 Å². The largest absolute Gasteiger partial charge is 0.337 e. The average molecular weight is 254 g/mol. The fraction of sp³-hybridized carbons (Fsp3) is 0.500. The molecule has 0 aliphatic carbocycles. The van der Waals surface area contributed by atoms with Crippen LogP contribution in [0.4, 0.5) is 0 Å². The molecule has 1 aliphatic heterocycles. The highest BCUT2D eigenvalue weighted by Crippen LogP contribution is 2.18. The van der Waals surface area contributed by atoms with Crippen LogP contribution in [0.25, 0.3) is 0 Å². The summed E-state index contributed by atoms with van der Waals surface area (Å²) in [7, 11) is 1.83. The molecule has 4 nitrogen and oxygen atoms in total. The van der Waals surface area contributed by atoms with Crippen molar-refractivity contribution in [2.24, 2.45) is 0 Å². The second-order valence-electron chi connectivity index (χ2n) is 4.27. The molecule has 2 rings (SSSR count). The van der Waals surface area contributed by atoms with Gasteiger partial charge in [-0.25, -0.2) is 0 Å². The Morgan fingerprint density at radius 3 is 3.12 bits per heavy atom. The molecule has 92 valence electrons. The van der Waals surface area contributed by atoms with Crippen molar-refractivity contribution in [3.63, 3.8) is 0 Å². The van der Waals surface area contributed by atoms with Gasteiger partial charge in [0.2, 0.25) is 0 Å². The molecule has 1 amide bonds. The molecule has 0 saturated carbocycles. The van der Waals surface area contributed by atoms with E-state index < -0.39 is 0 Å². The van der Waals surface area contributed by atoms with E-state index in [9.17, 15) is 4.79 Å². The van der Waals surface area contributed by atoms with Gasteiger partial charge in [-0.05, 0) is 25.5 Å². The lowest BCUT2D eigenvalue weighted by atomic mass is 10.1. The summed E-state index contributed by atoms with van der Waals surface area (Å²) in [5.41, 5.74) is 0.523. The quantitative estimate of drug-likeness (QED) is 0.870. The Bertz CT molecular complexity index is 404. The highest BCUT2D eigenvalue weighted by atomic mass is 35.5. The lowest BCUT2D eigenvalue weighted by Crippen LogP contribution is -2.46. The molecule has 1 saturated heterocycles. The molecular weight excluding hydrogens is 238 g/mol. The van der Waals surface area contributed by atoms with Gasteiger partial charge in [0.05, 0.1) is 10.6 Å². The lowest BCUT2D eigenvalue weighted by molar-refractivity contribution is 0.0708. The van der Waals surface area contributed by atoms with Gasteiger partial charge in [-0.15, -0.1) is 0 Å². The molecule has 1 fully saturated rings. The Balaban J connectivity index is 2.11. The van der Waals surface area contributed by atoms with Crippen molar-refractivity contribution in [1.82, 2.24) is 15.2 Å². The SMILES string of the molecule is CN(C(=O)c1ccncc1Cl)C1CCCNC1. The van der Waals surface area contributed by atoms with Gasteiger partial charge in [0.15, 0.2) is 0 Å². The average Bonchev–Trinajstić information content (AvgIpc) is 2.39. The van der Waals surface area contributed by atoms with Gasteiger partial charge in [0.1, 0.15) is 0 Å². The molecule has 1 aromatic heterocycles. The minimum Gasteiger partial charge on any atom is -0.337 e. The molecule has 1 unspecified atom stereocenters. The van der Waals surface area contributed by atoms with Crippen molar-refractivity contribution in [2.45, 2.75) is 18.9 Å². The molecule has 2 heterocycles. The number of halogens is 1. The number of aromatic nitrogens is 1. The molecular formula is C12H16ClN3O. The summed E-state index contributed by atoms with van der Waals surface area (Å²) in [6, 6.07) is 1.91. The minimum absolute atomic E-state index is 0.0360. The summed E-state index contributed by atoms with van der Waals surface area (Å²) in [4.78, 5) is 17.9. The van der Waals surface area contributed by atoms with Crippen LogP contribution in [0.5, 0.6) is 0 Å². The molecule has 17 heavy (non-hydrogen) atoms. The zero-order valence-corrected chi connectivity index (χ0v) is 10.6. The number of carbonyl (C=O) groups excluding carboxylic acids is 1. The maximum absolute atomic E-state index is 12.3. The number of hydrogen-bond donors (Lipinski definition) is 1. The van der Waals surface area contributed by atoms with Crippen LogP contribution in [-0.4, -0.2) is 42.0 Å². The van der Waals surface area contributed by atoms with Crippen LogP contribution in [0.3, 0.4) is 0 Å². The van der Waals surface area contributed by atoms with Crippen LogP contribution in [0.15, 0.2) is 18.5 Å². The van der Waals surface area contributed by atoms with Crippen LogP contribution in [0.1, 0.15) is 23.2 Å². The number of nitrogens with one attached hydrogen (secondary N) is 1. The first kappa shape index (κ1) is 12.3. The van der Waals surface area contributed by atoms with E-state index in [1.807, 2.05) is 7.05 Å². The highest BCUT2D eigenvalue weighted by molar-refractivity contribution is 6.33. The molecule has 0 radical (unpaired) electrons. The Kier molecular flexibility index (Phi) is 3.97. The monoisotopic (exact) mass is 253 g/mol. The second-order valence-corrected chi connectivity index (χ2v) is 4.68. The summed E-state index contributed by atoms with van der Waals surface area (Å²) in [6.45, 7) is 1.89. The Labute approximate surface area is 106 Å². The van der Waals surface area contributed by atoms with Gasteiger partial charge >= 0.3 is 0 Å². The summed E-state index contributed by atoms with van der Waals surface area (Å²) >= 11 is 5.98.